The monoisotopic (exact) mass is 391 g/mol. The van der Waals surface area contributed by atoms with Crippen molar-refractivity contribution in [2.75, 3.05) is 13.2 Å². The number of aliphatic carboxylic acids is 1. The Morgan fingerprint density at radius 1 is 1.44 bits per heavy atom. The Morgan fingerprint density at radius 3 is 2.93 bits per heavy atom. The lowest BCUT2D eigenvalue weighted by Crippen LogP contribution is -2.29. The summed E-state index contributed by atoms with van der Waals surface area (Å²) in [6.45, 7) is 4.44. The molecule has 1 N–H and O–H groups in total. The van der Waals surface area contributed by atoms with Crippen molar-refractivity contribution < 1.29 is 29.0 Å². The molecule has 144 valence electrons. The number of rotatable bonds is 7. The first-order valence-electron chi connectivity index (χ1n) is 8.82. The van der Waals surface area contributed by atoms with Crippen LogP contribution in [0.15, 0.2) is 17.0 Å². The maximum atomic E-state index is 12.5. The molecule has 3 rings (SSSR count). The predicted octanol–water partition coefficient (Wildman–Crippen LogP) is 3.31. The first-order valence-corrected chi connectivity index (χ1v) is 9.64. The molecule has 1 aromatic rings. The molecule has 27 heavy (non-hydrogen) atoms. The largest absolute Gasteiger partial charge is 0.493 e. The van der Waals surface area contributed by atoms with Crippen LogP contribution in [-0.2, 0) is 16.0 Å². The lowest BCUT2D eigenvalue weighted by atomic mass is 10.1. The van der Waals surface area contributed by atoms with Gasteiger partial charge in [-0.1, -0.05) is 0 Å². The fourth-order valence-corrected chi connectivity index (χ4v) is 3.93. The van der Waals surface area contributed by atoms with Crippen molar-refractivity contribution in [2.45, 2.75) is 39.2 Å². The number of carboxylic acids is 1. The molecule has 0 radical (unpaired) electrons. The van der Waals surface area contributed by atoms with Crippen LogP contribution >= 0.6 is 11.8 Å². The van der Waals surface area contributed by atoms with Gasteiger partial charge < -0.3 is 14.6 Å². The molecule has 2 aliphatic rings. The average Bonchev–Trinajstić information content (AvgIpc) is 3.08. The van der Waals surface area contributed by atoms with Gasteiger partial charge in [-0.25, -0.2) is 0 Å². The molecule has 2 aliphatic heterocycles. The number of carbonyl (C=O) groups is 3. The summed E-state index contributed by atoms with van der Waals surface area (Å²) in [7, 11) is 0. The van der Waals surface area contributed by atoms with Gasteiger partial charge in [0.1, 0.15) is 17.6 Å². The molecule has 1 saturated heterocycles. The Kier molecular flexibility index (Phi) is 5.74. The van der Waals surface area contributed by atoms with Crippen molar-refractivity contribution in [1.82, 2.24) is 4.90 Å². The Morgan fingerprint density at radius 2 is 2.22 bits per heavy atom. The Bertz CT molecular complexity index is 819. The van der Waals surface area contributed by atoms with E-state index < -0.39 is 11.9 Å². The molecule has 0 bridgehead atoms. The third kappa shape index (κ3) is 4.27. The summed E-state index contributed by atoms with van der Waals surface area (Å²) >= 11 is 0.851. The van der Waals surface area contributed by atoms with E-state index >= 15 is 0 Å². The number of fused-ring (bicyclic) bond motifs is 1. The molecule has 7 nitrogen and oxygen atoms in total. The van der Waals surface area contributed by atoms with Crippen LogP contribution in [0.25, 0.3) is 6.08 Å². The van der Waals surface area contributed by atoms with Gasteiger partial charge in [-0.3, -0.25) is 19.3 Å². The summed E-state index contributed by atoms with van der Waals surface area (Å²) in [6, 6.07) is 3.76. The van der Waals surface area contributed by atoms with Crippen LogP contribution in [0.5, 0.6) is 11.5 Å². The summed E-state index contributed by atoms with van der Waals surface area (Å²) in [4.78, 5) is 36.7. The lowest BCUT2D eigenvalue weighted by Gasteiger charge is -2.12. The zero-order valence-corrected chi connectivity index (χ0v) is 16.0. The Balaban J connectivity index is 1.84. The van der Waals surface area contributed by atoms with Crippen LogP contribution in [0.1, 0.15) is 37.8 Å². The lowest BCUT2D eigenvalue weighted by molar-refractivity contribution is -0.137. The number of thioether (sulfide) groups is 1. The van der Waals surface area contributed by atoms with Gasteiger partial charge in [0, 0.05) is 30.5 Å². The molecular weight excluding hydrogens is 370 g/mol. The molecule has 1 aromatic carbocycles. The van der Waals surface area contributed by atoms with Crippen molar-refractivity contribution in [1.29, 1.82) is 0 Å². The zero-order chi connectivity index (χ0) is 19.6. The number of hydrogen-bond donors (Lipinski definition) is 1. The van der Waals surface area contributed by atoms with Crippen molar-refractivity contribution in [3.63, 3.8) is 0 Å². The fourth-order valence-electron chi connectivity index (χ4n) is 3.07. The van der Waals surface area contributed by atoms with Crippen LogP contribution in [0.3, 0.4) is 0 Å². The highest BCUT2D eigenvalue weighted by Crippen LogP contribution is 2.39. The van der Waals surface area contributed by atoms with E-state index in [4.69, 9.17) is 14.6 Å². The molecule has 1 atom stereocenters. The first kappa shape index (κ1) is 19.3. The van der Waals surface area contributed by atoms with Crippen molar-refractivity contribution in [3.05, 3.63) is 28.2 Å². The second-order valence-corrected chi connectivity index (χ2v) is 7.39. The van der Waals surface area contributed by atoms with Crippen LogP contribution in [0.4, 0.5) is 4.79 Å². The number of carboxylic acid groups (broad SMARTS) is 1. The van der Waals surface area contributed by atoms with Gasteiger partial charge in [0.05, 0.1) is 11.5 Å². The molecule has 0 saturated carbocycles. The molecule has 1 unspecified atom stereocenters. The number of amides is 2. The van der Waals surface area contributed by atoms with E-state index in [2.05, 4.69) is 0 Å². The topological polar surface area (TPSA) is 93.1 Å². The third-order valence-corrected chi connectivity index (χ3v) is 5.17. The van der Waals surface area contributed by atoms with Gasteiger partial charge in [-0.05, 0) is 50.2 Å². The number of benzene rings is 1. The predicted molar refractivity (Wildman–Crippen MR) is 101 cm³/mol. The van der Waals surface area contributed by atoms with Crippen molar-refractivity contribution >= 4 is 35.0 Å². The number of nitrogens with zero attached hydrogens (tertiary/aromatic N) is 1. The first-order chi connectivity index (χ1) is 12.9. The summed E-state index contributed by atoms with van der Waals surface area (Å²) in [5.41, 5.74) is 1.74. The van der Waals surface area contributed by atoms with E-state index in [1.54, 1.807) is 6.08 Å². The fraction of sp³-hybridized carbons (Fsp3) is 0.421. The number of hydrogen-bond acceptors (Lipinski definition) is 6. The molecular formula is C19H21NO6S. The molecule has 1 fully saturated rings. The van der Waals surface area contributed by atoms with Gasteiger partial charge in [-0.2, -0.15) is 0 Å². The Hall–Kier alpha value is -2.48. The minimum absolute atomic E-state index is 0.0877. The van der Waals surface area contributed by atoms with Crippen LogP contribution in [-0.4, -0.2) is 46.4 Å². The van der Waals surface area contributed by atoms with Crippen LogP contribution < -0.4 is 9.47 Å². The van der Waals surface area contributed by atoms with E-state index in [0.29, 0.717) is 22.8 Å². The SMILES string of the molecule is CCOc1cc2c(cc1/C=C1\SC(=O)N(CCCC(=O)O)C1=O)OC(C)C2. The maximum Gasteiger partial charge on any atom is 0.303 e. The van der Waals surface area contributed by atoms with Gasteiger partial charge in [-0.15, -0.1) is 0 Å². The highest BCUT2D eigenvalue weighted by atomic mass is 32.2. The highest BCUT2D eigenvalue weighted by Gasteiger charge is 2.35. The molecule has 2 amide bonds. The van der Waals surface area contributed by atoms with E-state index in [9.17, 15) is 14.4 Å². The summed E-state index contributed by atoms with van der Waals surface area (Å²) < 4.78 is 11.5. The zero-order valence-electron chi connectivity index (χ0n) is 15.2. The van der Waals surface area contributed by atoms with E-state index in [1.807, 2.05) is 26.0 Å². The number of imide groups is 1. The van der Waals surface area contributed by atoms with Gasteiger partial charge >= 0.3 is 5.97 Å². The normalized spacial score (nSPS) is 20.1. The smallest absolute Gasteiger partial charge is 0.303 e. The van der Waals surface area contributed by atoms with Crippen molar-refractivity contribution in [2.24, 2.45) is 0 Å². The number of ether oxygens (including phenoxy) is 2. The molecule has 0 spiro atoms. The number of carbonyl (C=O) groups excluding carboxylic acids is 2. The summed E-state index contributed by atoms with van der Waals surface area (Å²) in [5, 5.41) is 8.32. The quantitative estimate of drug-likeness (QED) is 0.713. The van der Waals surface area contributed by atoms with E-state index in [-0.39, 0.29) is 30.7 Å². The van der Waals surface area contributed by atoms with Crippen LogP contribution in [0, 0.1) is 0 Å². The Labute approximate surface area is 161 Å². The van der Waals surface area contributed by atoms with E-state index in [0.717, 1.165) is 34.4 Å². The second kappa shape index (κ2) is 8.04. The van der Waals surface area contributed by atoms with Crippen LogP contribution in [0.2, 0.25) is 0 Å². The minimum Gasteiger partial charge on any atom is -0.493 e. The second-order valence-electron chi connectivity index (χ2n) is 6.39. The summed E-state index contributed by atoms with van der Waals surface area (Å²) in [5.74, 6) is 0.0448. The molecule has 0 aromatic heterocycles. The van der Waals surface area contributed by atoms with Gasteiger partial charge in [0.25, 0.3) is 11.1 Å². The van der Waals surface area contributed by atoms with E-state index in [1.165, 1.54) is 0 Å². The average molecular weight is 391 g/mol. The third-order valence-electron chi connectivity index (χ3n) is 4.26. The molecule has 8 heteroatoms. The molecule has 0 aliphatic carbocycles. The minimum atomic E-state index is -0.953. The molecule has 2 heterocycles. The van der Waals surface area contributed by atoms with Gasteiger partial charge in [0.2, 0.25) is 0 Å². The standard InChI is InChI=1S/C19H21NO6S/c1-3-25-14-8-12-7-11(2)26-15(12)9-13(14)10-16-18(23)20(19(24)27-16)6-4-5-17(21)22/h8-11H,3-7H2,1-2H3,(H,21,22)/b16-10-. The highest BCUT2D eigenvalue weighted by molar-refractivity contribution is 8.18. The maximum absolute atomic E-state index is 12.5. The summed E-state index contributed by atoms with van der Waals surface area (Å²) in [6.07, 6.45) is 2.67. The van der Waals surface area contributed by atoms with Gasteiger partial charge in [0.15, 0.2) is 0 Å². The van der Waals surface area contributed by atoms with Crippen molar-refractivity contribution in [3.8, 4) is 11.5 Å².